The highest BCUT2D eigenvalue weighted by atomic mass is 32.2. The van der Waals surface area contributed by atoms with Gasteiger partial charge in [-0.3, -0.25) is 0 Å². The molecule has 0 bridgehead atoms. The number of aryl methyl sites for hydroxylation is 1. The predicted octanol–water partition coefficient (Wildman–Crippen LogP) is 2.72. The molecule has 0 spiro atoms. The molecule has 5 nitrogen and oxygen atoms in total. The number of rotatable bonds is 6. The second-order valence-electron chi connectivity index (χ2n) is 4.46. The molecule has 0 amide bonds. The summed E-state index contributed by atoms with van der Waals surface area (Å²) in [5.41, 5.74) is 6.55. The highest BCUT2D eigenvalue weighted by molar-refractivity contribution is 7.98. The van der Waals surface area contributed by atoms with Crippen LogP contribution in [0.1, 0.15) is 31.0 Å². The number of H-pyrrole nitrogens is 1. The van der Waals surface area contributed by atoms with Gasteiger partial charge in [-0.1, -0.05) is 25.6 Å². The minimum absolute atomic E-state index is 0.355. The molecule has 18 heavy (non-hydrogen) atoms. The number of hydrogen-bond donors (Lipinski definition) is 2. The summed E-state index contributed by atoms with van der Waals surface area (Å²) in [5.74, 6) is 1.87. The van der Waals surface area contributed by atoms with Gasteiger partial charge >= 0.3 is 0 Å². The predicted molar refractivity (Wildman–Crippen MR) is 75.6 cm³/mol. The number of aromatic nitrogens is 4. The van der Waals surface area contributed by atoms with Crippen LogP contribution in [-0.2, 0) is 12.2 Å². The smallest absolute Gasteiger partial charge is 0.216 e. The van der Waals surface area contributed by atoms with Gasteiger partial charge in [0.2, 0.25) is 11.1 Å². The first-order valence-electron chi connectivity index (χ1n) is 5.87. The molecule has 2 aromatic rings. The average molecular weight is 283 g/mol. The summed E-state index contributed by atoms with van der Waals surface area (Å²) < 4.78 is 0. The van der Waals surface area contributed by atoms with Crippen LogP contribution in [-0.4, -0.2) is 20.2 Å². The Morgan fingerprint density at radius 2 is 2.28 bits per heavy atom. The zero-order valence-electron chi connectivity index (χ0n) is 10.5. The number of thioether (sulfide) groups is 1. The molecule has 3 N–H and O–H groups in total. The number of hydrogen-bond acceptors (Lipinski definition) is 6. The molecular weight excluding hydrogens is 266 g/mol. The molecule has 2 rings (SSSR count). The summed E-state index contributed by atoms with van der Waals surface area (Å²) in [6.45, 7) is 4.47. The van der Waals surface area contributed by atoms with Crippen LogP contribution in [0.3, 0.4) is 0 Å². The molecule has 0 saturated heterocycles. The lowest BCUT2D eigenvalue weighted by Gasteiger charge is -2.00. The lowest BCUT2D eigenvalue weighted by atomic mass is 10.1. The van der Waals surface area contributed by atoms with E-state index >= 15 is 0 Å². The van der Waals surface area contributed by atoms with E-state index in [0.29, 0.717) is 11.1 Å². The van der Waals surface area contributed by atoms with Gasteiger partial charge in [-0.15, -0.1) is 16.4 Å². The molecule has 0 aliphatic rings. The fourth-order valence-electron chi connectivity index (χ4n) is 1.40. The van der Waals surface area contributed by atoms with Crippen molar-refractivity contribution in [2.24, 2.45) is 5.92 Å². The molecule has 2 heterocycles. The van der Waals surface area contributed by atoms with Crippen molar-refractivity contribution < 1.29 is 0 Å². The average Bonchev–Trinajstić information content (AvgIpc) is 2.93. The van der Waals surface area contributed by atoms with Crippen LogP contribution < -0.4 is 5.73 Å². The van der Waals surface area contributed by atoms with E-state index in [-0.39, 0.29) is 0 Å². The number of nitrogens with one attached hydrogen (secondary N) is 1. The number of aromatic amines is 1. The molecule has 98 valence electrons. The molecule has 0 radical (unpaired) electrons. The van der Waals surface area contributed by atoms with Crippen molar-refractivity contribution in [3.63, 3.8) is 0 Å². The summed E-state index contributed by atoms with van der Waals surface area (Å²) in [4.78, 5) is 8.65. The van der Waals surface area contributed by atoms with Crippen LogP contribution in [0.25, 0.3) is 0 Å². The molecule has 2 aromatic heterocycles. The zero-order valence-corrected chi connectivity index (χ0v) is 12.1. The number of anilines is 1. The van der Waals surface area contributed by atoms with Crippen LogP contribution in [0.15, 0.2) is 10.5 Å². The molecule has 0 unspecified atom stereocenters. The van der Waals surface area contributed by atoms with Crippen molar-refractivity contribution >= 4 is 29.0 Å². The van der Waals surface area contributed by atoms with Crippen molar-refractivity contribution in [1.29, 1.82) is 0 Å². The van der Waals surface area contributed by atoms with Crippen molar-refractivity contribution in [1.82, 2.24) is 20.2 Å². The first-order chi connectivity index (χ1) is 8.63. The maximum Gasteiger partial charge on any atom is 0.216 e. The highest BCUT2D eigenvalue weighted by Gasteiger charge is 2.06. The molecule has 0 fully saturated rings. The summed E-state index contributed by atoms with van der Waals surface area (Å²) in [7, 11) is 0. The van der Waals surface area contributed by atoms with Crippen molar-refractivity contribution in [3.05, 3.63) is 16.1 Å². The molecule has 0 atom stereocenters. The van der Waals surface area contributed by atoms with Crippen molar-refractivity contribution in [2.75, 3.05) is 5.73 Å². The SMILES string of the molecule is CC(C)CCc1nc(CSc2n[nH]c(N)n2)cs1. The Balaban J connectivity index is 1.83. The third kappa shape index (κ3) is 3.99. The van der Waals surface area contributed by atoms with Gasteiger partial charge in [-0.25, -0.2) is 10.1 Å². The third-order valence-corrected chi connectivity index (χ3v) is 4.20. The van der Waals surface area contributed by atoms with E-state index in [0.717, 1.165) is 23.8 Å². The van der Waals surface area contributed by atoms with Gasteiger partial charge in [-0.05, 0) is 18.8 Å². The normalized spacial score (nSPS) is 11.3. The standard InChI is InChI=1S/C11H17N5S2/c1-7(2)3-4-9-13-8(5-17-9)6-18-11-14-10(12)15-16-11/h5,7H,3-4,6H2,1-2H3,(H3,12,14,15,16). The van der Waals surface area contributed by atoms with Gasteiger partial charge < -0.3 is 5.73 Å². The minimum Gasteiger partial charge on any atom is -0.368 e. The Labute approximate surface area is 115 Å². The Kier molecular flexibility index (Phi) is 4.60. The maximum absolute atomic E-state index is 5.46. The quantitative estimate of drug-likeness (QED) is 0.797. The van der Waals surface area contributed by atoms with Crippen molar-refractivity contribution in [2.45, 2.75) is 37.6 Å². The van der Waals surface area contributed by atoms with Crippen molar-refractivity contribution in [3.8, 4) is 0 Å². The summed E-state index contributed by atoms with van der Waals surface area (Å²) in [6, 6.07) is 0. The highest BCUT2D eigenvalue weighted by Crippen LogP contribution is 2.21. The van der Waals surface area contributed by atoms with Gasteiger partial charge in [0.05, 0.1) is 10.7 Å². The first-order valence-corrected chi connectivity index (χ1v) is 7.74. The second-order valence-corrected chi connectivity index (χ2v) is 6.34. The summed E-state index contributed by atoms with van der Waals surface area (Å²) >= 11 is 3.28. The van der Waals surface area contributed by atoms with Gasteiger partial charge in [0.1, 0.15) is 0 Å². The number of nitrogens with two attached hydrogens (primary N) is 1. The largest absolute Gasteiger partial charge is 0.368 e. The Morgan fingerprint density at radius 1 is 1.44 bits per heavy atom. The maximum atomic E-state index is 5.46. The number of thiazole rings is 1. The second kappa shape index (κ2) is 6.19. The van der Waals surface area contributed by atoms with E-state index in [1.807, 2.05) is 0 Å². The number of nitrogens with zero attached hydrogens (tertiary/aromatic N) is 3. The molecule has 0 aliphatic heterocycles. The van der Waals surface area contributed by atoms with E-state index in [2.05, 4.69) is 39.4 Å². The van der Waals surface area contributed by atoms with Gasteiger partial charge in [0.15, 0.2) is 0 Å². The Hall–Kier alpha value is -1.08. The Bertz CT molecular complexity index is 491. The third-order valence-electron chi connectivity index (χ3n) is 2.37. The fourth-order valence-corrected chi connectivity index (χ4v) is 3.02. The first kappa shape index (κ1) is 13.4. The zero-order chi connectivity index (χ0) is 13.0. The molecule has 0 saturated carbocycles. The monoisotopic (exact) mass is 283 g/mol. The molecular formula is C11H17N5S2. The van der Waals surface area contributed by atoms with E-state index in [4.69, 9.17) is 5.73 Å². The number of nitrogen functional groups attached to an aromatic ring is 1. The van der Waals surface area contributed by atoms with Crippen LogP contribution in [0.2, 0.25) is 0 Å². The fraction of sp³-hybridized carbons (Fsp3) is 0.545. The lowest BCUT2D eigenvalue weighted by Crippen LogP contribution is -1.92. The van der Waals surface area contributed by atoms with E-state index in [1.165, 1.54) is 11.4 Å². The van der Waals surface area contributed by atoms with Gasteiger partial charge in [-0.2, -0.15) is 4.98 Å². The topological polar surface area (TPSA) is 80.5 Å². The van der Waals surface area contributed by atoms with Crippen LogP contribution in [0.4, 0.5) is 5.95 Å². The van der Waals surface area contributed by atoms with Crippen LogP contribution in [0, 0.1) is 5.92 Å². The van der Waals surface area contributed by atoms with E-state index in [1.54, 1.807) is 23.1 Å². The molecule has 7 heteroatoms. The molecule has 0 aliphatic carbocycles. The van der Waals surface area contributed by atoms with Gasteiger partial charge in [0, 0.05) is 11.1 Å². The van der Waals surface area contributed by atoms with Gasteiger partial charge in [0.25, 0.3) is 0 Å². The summed E-state index contributed by atoms with van der Waals surface area (Å²) in [5, 5.41) is 10.6. The van der Waals surface area contributed by atoms with Crippen LogP contribution in [0.5, 0.6) is 0 Å². The summed E-state index contributed by atoms with van der Waals surface area (Å²) in [6.07, 6.45) is 2.26. The molecule has 0 aromatic carbocycles. The Morgan fingerprint density at radius 3 is 2.94 bits per heavy atom. The van der Waals surface area contributed by atoms with Crippen LogP contribution >= 0.6 is 23.1 Å². The lowest BCUT2D eigenvalue weighted by molar-refractivity contribution is 0.585. The van der Waals surface area contributed by atoms with E-state index in [9.17, 15) is 0 Å². The minimum atomic E-state index is 0.355. The van der Waals surface area contributed by atoms with E-state index < -0.39 is 0 Å².